The maximum atomic E-state index is 12.8. The first-order valence-electron chi connectivity index (χ1n) is 8.48. The van der Waals surface area contributed by atoms with Crippen LogP contribution in [0.25, 0.3) is 0 Å². The SMILES string of the molecule is CCCS(=O)(=O)Nc1cccc(C(=O)N2CCC(C)CC2CN)c1. The number of rotatable bonds is 6. The molecule has 0 radical (unpaired) electrons. The average molecular weight is 353 g/mol. The van der Waals surface area contributed by atoms with E-state index in [4.69, 9.17) is 5.73 Å². The molecule has 1 aliphatic rings. The molecule has 2 atom stereocenters. The van der Waals surface area contributed by atoms with E-state index in [1.807, 2.05) is 11.8 Å². The molecule has 0 spiro atoms. The van der Waals surface area contributed by atoms with Crippen LogP contribution in [0.15, 0.2) is 24.3 Å². The summed E-state index contributed by atoms with van der Waals surface area (Å²) in [7, 11) is -3.37. The highest BCUT2D eigenvalue weighted by molar-refractivity contribution is 7.92. The van der Waals surface area contributed by atoms with Crippen LogP contribution in [0.5, 0.6) is 0 Å². The van der Waals surface area contributed by atoms with E-state index in [9.17, 15) is 13.2 Å². The lowest BCUT2D eigenvalue weighted by atomic mass is 9.92. The number of anilines is 1. The molecule has 7 heteroatoms. The van der Waals surface area contributed by atoms with Crippen LogP contribution in [0.4, 0.5) is 5.69 Å². The van der Waals surface area contributed by atoms with Crippen molar-refractivity contribution in [2.75, 3.05) is 23.6 Å². The number of carbonyl (C=O) groups excluding carboxylic acids is 1. The minimum Gasteiger partial charge on any atom is -0.334 e. The van der Waals surface area contributed by atoms with Crippen molar-refractivity contribution in [1.82, 2.24) is 4.90 Å². The van der Waals surface area contributed by atoms with Gasteiger partial charge in [0.1, 0.15) is 0 Å². The van der Waals surface area contributed by atoms with E-state index in [1.54, 1.807) is 24.3 Å². The van der Waals surface area contributed by atoms with E-state index in [0.29, 0.717) is 36.7 Å². The first kappa shape index (κ1) is 18.7. The molecule has 0 aromatic heterocycles. The number of nitrogens with two attached hydrogens (primary N) is 1. The Morgan fingerprint density at radius 2 is 2.17 bits per heavy atom. The molecule has 1 aliphatic heterocycles. The van der Waals surface area contributed by atoms with Crippen molar-refractivity contribution in [3.05, 3.63) is 29.8 Å². The van der Waals surface area contributed by atoms with Crippen molar-refractivity contribution in [3.63, 3.8) is 0 Å². The molecule has 1 saturated heterocycles. The number of sulfonamides is 1. The van der Waals surface area contributed by atoms with Gasteiger partial charge in [0, 0.05) is 30.4 Å². The van der Waals surface area contributed by atoms with Crippen molar-refractivity contribution >= 4 is 21.6 Å². The molecular formula is C17H27N3O3S. The topological polar surface area (TPSA) is 92.5 Å². The minimum absolute atomic E-state index is 0.0432. The zero-order valence-corrected chi connectivity index (χ0v) is 15.2. The molecule has 1 amide bonds. The zero-order valence-electron chi connectivity index (χ0n) is 14.4. The van der Waals surface area contributed by atoms with Gasteiger partial charge in [-0.3, -0.25) is 9.52 Å². The Hall–Kier alpha value is -1.60. The number of carbonyl (C=O) groups is 1. The number of hydrogen-bond donors (Lipinski definition) is 2. The molecule has 0 saturated carbocycles. The van der Waals surface area contributed by atoms with Crippen LogP contribution < -0.4 is 10.5 Å². The van der Waals surface area contributed by atoms with E-state index in [2.05, 4.69) is 11.6 Å². The van der Waals surface area contributed by atoms with Crippen LogP contribution >= 0.6 is 0 Å². The Bertz CT molecular complexity index is 675. The highest BCUT2D eigenvalue weighted by Crippen LogP contribution is 2.24. The second-order valence-electron chi connectivity index (χ2n) is 6.52. The molecular weight excluding hydrogens is 326 g/mol. The van der Waals surface area contributed by atoms with Crippen molar-refractivity contribution in [2.24, 2.45) is 11.7 Å². The average Bonchev–Trinajstić information content (AvgIpc) is 2.53. The number of amides is 1. The van der Waals surface area contributed by atoms with Gasteiger partial charge in [0.05, 0.1) is 5.75 Å². The molecule has 1 aromatic rings. The summed E-state index contributed by atoms with van der Waals surface area (Å²) in [4.78, 5) is 14.6. The number of nitrogens with one attached hydrogen (secondary N) is 1. The smallest absolute Gasteiger partial charge is 0.254 e. The molecule has 134 valence electrons. The molecule has 0 aliphatic carbocycles. The fraction of sp³-hybridized carbons (Fsp3) is 0.588. The summed E-state index contributed by atoms with van der Waals surface area (Å²) in [6, 6.07) is 6.71. The second-order valence-corrected chi connectivity index (χ2v) is 8.36. The standard InChI is InChI=1S/C17H27N3O3S/c1-3-9-24(22,23)19-15-6-4-5-14(11-15)17(21)20-8-7-13(2)10-16(20)12-18/h4-6,11,13,16,19H,3,7-10,12,18H2,1-2H3. The van der Waals surface area contributed by atoms with E-state index in [1.165, 1.54) is 0 Å². The maximum Gasteiger partial charge on any atom is 0.254 e. The zero-order chi connectivity index (χ0) is 17.7. The number of benzene rings is 1. The summed E-state index contributed by atoms with van der Waals surface area (Å²) >= 11 is 0. The fourth-order valence-corrected chi connectivity index (χ4v) is 4.25. The van der Waals surface area contributed by atoms with Gasteiger partial charge in [0.2, 0.25) is 10.0 Å². The van der Waals surface area contributed by atoms with Gasteiger partial charge in [-0.25, -0.2) is 8.42 Å². The molecule has 24 heavy (non-hydrogen) atoms. The Labute approximate surface area is 144 Å². The van der Waals surface area contributed by atoms with Gasteiger partial charge >= 0.3 is 0 Å². The van der Waals surface area contributed by atoms with Gasteiger partial charge in [-0.1, -0.05) is 19.9 Å². The molecule has 1 aromatic carbocycles. The van der Waals surface area contributed by atoms with Crippen molar-refractivity contribution in [2.45, 2.75) is 39.2 Å². The fourth-order valence-electron chi connectivity index (χ4n) is 3.12. The van der Waals surface area contributed by atoms with E-state index < -0.39 is 10.0 Å². The molecule has 3 N–H and O–H groups in total. The van der Waals surface area contributed by atoms with Crippen LogP contribution in [0, 0.1) is 5.92 Å². The number of nitrogens with zero attached hydrogens (tertiary/aromatic N) is 1. The van der Waals surface area contributed by atoms with Gasteiger partial charge < -0.3 is 10.6 Å². The normalized spacial score (nSPS) is 21.5. The summed E-state index contributed by atoms with van der Waals surface area (Å²) in [5, 5.41) is 0. The van der Waals surface area contributed by atoms with Gasteiger partial charge in [-0.2, -0.15) is 0 Å². The quantitative estimate of drug-likeness (QED) is 0.818. The summed E-state index contributed by atoms with van der Waals surface area (Å²) in [6.45, 7) is 5.11. The first-order chi connectivity index (χ1) is 11.4. The predicted octanol–water partition coefficient (Wildman–Crippen LogP) is 2.04. The monoisotopic (exact) mass is 353 g/mol. The molecule has 0 bridgehead atoms. The summed E-state index contributed by atoms with van der Waals surface area (Å²) < 4.78 is 26.3. The molecule has 1 fully saturated rings. The molecule has 2 unspecified atom stereocenters. The minimum atomic E-state index is -3.37. The Morgan fingerprint density at radius 3 is 2.83 bits per heavy atom. The molecule has 6 nitrogen and oxygen atoms in total. The van der Waals surface area contributed by atoms with Gasteiger partial charge in [-0.15, -0.1) is 0 Å². The van der Waals surface area contributed by atoms with Crippen molar-refractivity contribution in [1.29, 1.82) is 0 Å². The van der Waals surface area contributed by atoms with E-state index >= 15 is 0 Å². The highest BCUT2D eigenvalue weighted by Gasteiger charge is 2.29. The Morgan fingerprint density at radius 1 is 1.42 bits per heavy atom. The van der Waals surface area contributed by atoms with Crippen molar-refractivity contribution in [3.8, 4) is 0 Å². The van der Waals surface area contributed by atoms with Gasteiger partial charge in [0.25, 0.3) is 5.91 Å². The van der Waals surface area contributed by atoms with Gasteiger partial charge in [-0.05, 0) is 43.4 Å². The lowest BCUT2D eigenvalue weighted by molar-refractivity contribution is 0.0573. The maximum absolute atomic E-state index is 12.8. The van der Waals surface area contributed by atoms with E-state index in [0.717, 1.165) is 12.8 Å². The molecule has 1 heterocycles. The number of likely N-dealkylation sites (tertiary alicyclic amines) is 1. The predicted molar refractivity (Wildman–Crippen MR) is 96.4 cm³/mol. The van der Waals surface area contributed by atoms with Crippen LogP contribution in [-0.4, -0.2) is 44.1 Å². The van der Waals surface area contributed by atoms with E-state index in [-0.39, 0.29) is 17.7 Å². The van der Waals surface area contributed by atoms with Gasteiger partial charge in [0.15, 0.2) is 0 Å². The third-order valence-corrected chi connectivity index (χ3v) is 5.86. The van der Waals surface area contributed by atoms with Crippen LogP contribution in [0.1, 0.15) is 43.5 Å². The highest BCUT2D eigenvalue weighted by atomic mass is 32.2. The van der Waals surface area contributed by atoms with Crippen molar-refractivity contribution < 1.29 is 13.2 Å². The third-order valence-electron chi connectivity index (χ3n) is 4.37. The number of piperidine rings is 1. The number of hydrogen-bond acceptors (Lipinski definition) is 4. The Balaban J connectivity index is 2.17. The van der Waals surface area contributed by atoms with Crippen LogP contribution in [0.3, 0.4) is 0 Å². The first-order valence-corrected chi connectivity index (χ1v) is 10.1. The summed E-state index contributed by atoms with van der Waals surface area (Å²) in [5.41, 5.74) is 6.74. The largest absolute Gasteiger partial charge is 0.334 e. The Kier molecular flexibility index (Phi) is 6.23. The lowest BCUT2D eigenvalue weighted by Crippen LogP contribution is -2.49. The lowest BCUT2D eigenvalue weighted by Gasteiger charge is -2.38. The third kappa shape index (κ3) is 4.70. The summed E-state index contributed by atoms with van der Waals surface area (Å²) in [6.07, 6.45) is 2.41. The summed E-state index contributed by atoms with van der Waals surface area (Å²) in [5.74, 6) is 0.536. The second kappa shape index (κ2) is 7.98. The van der Waals surface area contributed by atoms with Crippen LogP contribution in [-0.2, 0) is 10.0 Å². The molecule has 2 rings (SSSR count). The van der Waals surface area contributed by atoms with Crippen LogP contribution in [0.2, 0.25) is 0 Å².